The lowest BCUT2D eigenvalue weighted by molar-refractivity contribution is 0.244. The summed E-state index contributed by atoms with van der Waals surface area (Å²) in [5.41, 5.74) is 1.41. The van der Waals surface area contributed by atoms with E-state index in [1.54, 1.807) is 51.4 Å². The molecular weight excluding hydrogens is 865 g/mol. The van der Waals surface area contributed by atoms with E-state index in [2.05, 4.69) is 104 Å². The third kappa shape index (κ3) is 28.1. The highest BCUT2D eigenvalue weighted by Crippen LogP contribution is 2.49. The van der Waals surface area contributed by atoms with E-state index in [0.29, 0.717) is 5.41 Å². The van der Waals surface area contributed by atoms with Crippen LogP contribution in [0.3, 0.4) is 0 Å². The highest BCUT2D eigenvalue weighted by atomic mass is 14.4. The van der Waals surface area contributed by atoms with Crippen LogP contribution in [0.1, 0.15) is 361 Å². The lowest BCUT2D eigenvalue weighted by atomic mass is 9.78. The molecule has 0 aromatic carbocycles. The minimum atomic E-state index is 0.679. The zero-order valence-electron chi connectivity index (χ0n) is 52.9. The van der Waals surface area contributed by atoms with Gasteiger partial charge in [0.2, 0.25) is 0 Å². The fourth-order valence-corrected chi connectivity index (χ4v) is 16.2. The van der Waals surface area contributed by atoms with E-state index in [1.165, 1.54) is 205 Å². The number of fused-ring (bicyclic) bond motifs is 4. The predicted molar refractivity (Wildman–Crippen MR) is 327 cm³/mol. The smallest absolute Gasteiger partial charge is 0.0328 e. The molecule has 0 aromatic rings. The van der Waals surface area contributed by atoms with Crippen LogP contribution in [0.2, 0.25) is 0 Å². The summed E-state index contributed by atoms with van der Waals surface area (Å²) in [6.07, 6.45) is 59.6. The van der Waals surface area contributed by atoms with E-state index in [9.17, 15) is 0 Å². The summed E-state index contributed by atoms with van der Waals surface area (Å²) in [6, 6.07) is 0. The van der Waals surface area contributed by atoms with Gasteiger partial charge in [-0.3, -0.25) is 0 Å². The molecule has 428 valence electrons. The Hall–Kier alpha value is 0. The lowest BCUT2D eigenvalue weighted by Gasteiger charge is -2.28. The second kappa shape index (κ2) is 37.0. The molecule has 0 aliphatic heterocycles. The van der Waals surface area contributed by atoms with Crippen LogP contribution in [0.5, 0.6) is 0 Å². The van der Waals surface area contributed by atoms with Gasteiger partial charge in [-0.2, -0.15) is 0 Å². The molecule has 11 aliphatic carbocycles. The van der Waals surface area contributed by atoms with Crippen molar-refractivity contribution in [3.05, 3.63) is 0 Å². The molecule has 0 nitrogen and oxygen atoms in total. The Bertz CT molecular complexity index is 1190. The third-order valence-electron chi connectivity index (χ3n) is 22.8. The molecular formula is C72H140. The van der Waals surface area contributed by atoms with Crippen molar-refractivity contribution < 1.29 is 0 Å². The van der Waals surface area contributed by atoms with Crippen molar-refractivity contribution in [3.63, 3.8) is 0 Å². The van der Waals surface area contributed by atoms with Gasteiger partial charge in [-0.1, -0.05) is 284 Å². The lowest BCUT2D eigenvalue weighted by Crippen LogP contribution is -2.14. The molecule has 4 unspecified atom stereocenters. The normalized spacial score (nSPS) is 36.0. The van der Waals surface area contributed by atoms with Gasteiger partial charge in [0.05, 0.1) is 0 Å². The van der Waals surface area contributed by atoms with Crippen LogP contribution in [0, 0.1) is 99.6 Å². The summed E-state index contributed by atoms with van der Waals surface area (Å²) in [5, 5.41) is 0. The molecule has 0 radical (unpaired) electrons. The van der Waals surface area contributed by atoms with Crippen LogP contribution >= 0.6 is 0 Å². The van der Waals surface area contributed by atoms with Gasteiger partial charge in [-0.15, -0.1) is 0 Å². The summed E-state index contributed by atoms with van der Waals surface area (Å²) < 4.78 is 0. The summed E-state index contributed by atoms with van der Waals surface area (Å²) in [6.45, 7) is 35.6. The minimum absolute atomic E-state index is 0.679. The fraction of sp³-hybridized carbons (Fsp3) is 1.00. The summed E-state index contributed by atoms with van der Waals surface area (Å²) in [5.74, 6) is 15.9. The minimum Gasteiger partial charge on any atom is -0.0654 e. The van der Waals surface area contributed by atoms with Crippen LogP contribution in [0.25, 0.3) is 0 Å². The van der Waals surface area contributed by atoms with Crippen molar-refractivity contribution in [1.82, 2.24) is 0 Å². The Morgan fingerprint density at radius 3 is 1.08 bits per heavy atom. The van der Waals surface area contributed by atoms with Gasteiger partial charge in [0.15, 0.2) is 0 Å². The maximum Gasteiger partial charge on any atom is -0.0328 e. The first-order valence-electron chi connectivity index (χ1n) is 34.3. The molecule has 0 heteroatoms. The molecule has 11 saturated carbocycles. The maximum absolute atomic E-state index is 2.44. The van der Waals surface area contributed by atoms with Crippen LogP contribution < -0.4 is 0 Å². The molecule has 0 saturated heterocycles. The molecule has 11 fully saturated rings. The average Bonchev–Trinajstić information content (AvgIpc) is 4.25. The van der Waals surface area contributed by atoms with Crippen LogP contribution in [-0.4, -0.2) is 0 Å². The molecule has 11 rings (SSSR count). The molecule has 4 bridgehead atoms. The van der Waals surface area contributed by atoms with Crippen LogP contribution in [0.4, 0.5) is 0 Å². The van der Waals surface area contributed by atoms with E-state index >= 15 is 0 Å². The molecule has 11 aliphatic rings. The molecule has 0 aromatic heterocycles. The molecule has 0 heterocycles. The van der Waals surface area contributed by atoms with Crippen molar-refractivity contribution in [2.24, 2.45) is 99.6 Å². The third-order valence-corrected chi connectivity index (χ3v) is 22.8. The second-order valence-corrected chi connectivity index (χ2v) is 30.5. The van der Waals surface area contributed by atoms with E-state index < -0.39 is 0 Å². The number of hydrogen-bond donors (Lipinski definition) is 0. The van der Waals surface area contributed by atoms with Crippen molar-refractivity contribution in [2.75, 3.05) is 0 Å². The molecule has 72 heavy (non-hydrogen) atoms. The quantitative estimate of drug-likeness (QED) is 0.263. The Labute approximate surface area is 458 Å². The highest BCUT2D eigenvalue weighted by molar-refractivity contribution is 4.89. The Kier molecular flexibility index (Phi) is 34.0. The summed E-state index contributed by atoms with van der Waals surface area (Å²) >= 11 is 0. The molecule has 7 atom stereocenters. The second-order valence-electron chi connectivity index (χ2n) is 30.5. The predicted octanol–water partition coefficient (Wildman–Crippen LogP) is 25.1. The molecule has 0 N–H and O–H groups in total. The molecule has 0 amide bonds. The fourth-order valence-electron chi connectivity index (χ4n) is 16.2. The van der Waals surface area contributed by atoms with E-state index in [4.69, 9.17) is 0 Å². The van der Waals surface area contributed by atoms with Gasteiger partial charge in [-0.25, -0.2) is 0 Å². The first-order chi connectivity index (χ1) is 34.3. The van der Waals surface area contributed by atoms with Gasteiger partial charge >= 0.3 is 0 Å². The zero-order chi connectivity index (χ0) is 52.9. The number of hydrogen-bond acceptors (Lipinski definition) is 0. The van der Waals surface area contributed by atoms with E-state index in [-0.39, 0.29) is 0 Å². The first-order valence-corrected chi connectivity index (χ1v) is 34.3. The highest BCUT2D eigenvalue weighted by Gasteiger charge is 2.38. The van der Waals surface area contributed by atoms with Gasteiger partial charge in [0, 0.05) is 0 Å². The van der Waals surface area contributed by atoms with Gasteiger partial charge in [0.25, 0.3) is 0 Å². The van der Waals surface area contributed by atoms with Crippen molar-refractivity contribution >= 4 is 0 Å². The average molecular weight is 1010 g/mol. The Morgan fingerprint density at radius 2 is 0.819 bits per heavy atom. The monoisotopic (exact) mass is 1010 g/mol. The maximum atomic E-state index is 2.44. The standard InChI is InChI=1S/2C8H14.7C8H16/c1-6-4-7-2-3-8(6)5-7;1-6-7-2-3-8(6)5-4-7;1-7-3-5-8(2)6-4-7;1-7-4-3-5-8(2)6-7;1-8(2)6-4-3-5-7-8;1-7-5-3-4-6-8(7)2;1-7(2)8-5-3-4-6-8;1-3-8(2)6-4-5-7-8;1-2-5-8-6-3-4-7-8/h2*6-8H,2-5H2,1H3;2*7-8H,3-6H2,1-2H3;3-7H2,1-2H3;2*7-8H,3-6H2,1-2H3;3-7H2,1-2H3;8H,2-7H2,1H3/t6-,7?,8?;;;7-,8?;;7-,8?;;;/m0..1.1.../s1. The summed E-state index contributed by atoms with van der Waals surface area (Å²) in [7, 11) is 0. The first kappa shape index (κ1) is 66.3. The Balaban J connectivity index is 0.000000214. The topological polar surface area (TPSA) is 0 Å². The van der Waals surface area contributed by atoms with Crippen molar-refractivity contribution in [2.45, 2.75) is 361 Å². The van der Waals surface area contributed by atoms with Crippen molar-refractivity contribution in [3.8, 4) is 0 Å². The van der Waals surface area contributed by atoms with E-state index in [1.807, 2.05) is 0 Å². The Morgan fingerprint density at radius 1 is 0.375 bits per heavy atom. The summed E-state index contributed by atoms with van der Waals surface area (Å²) in [4.78, 5) is 0. The SMILES string of the molecule is CC(C)C1CCCC1.CC1(C)CCCCC1.CC1C2CCC1CC2.CC1CCC(C)CC1.CC1CCCC[C@H]1C.CC1CCC[C@@H](C)C1.CCC1(C)CCCC1.CCCC1CCCC1.C[C@H]1CC2CCC1C2. The van der Waals surface area contributed by atoms with E-state index in [0.717, 1.165) is 94.2 Å². The molecule has 0 spiro atoms. The van der Waals surface area contributed by atoms with Crippen LogP contribution in [0.15, 0.2) is 0 Å². The van der Waals surface area contributed by atoms with Crippen molar-refractivity contribution in [1.29, 1.82) is 0 Å². The largest absolute Gasteiger partial charge is 0.0654 e. The van der Waals surface area contributed by atoms with Gasteiger partial charge < -0.3 is 0 Å². The van der Waals surface area contributed by atoms with Gasteiger partial charge in [-0.05, 0) is 177 Å². The zero-order valence-corrected chi connectivity index (χ0v) is 52.9. The number of rotatable bonds is 4. The van der Waals surface area contributed by atoms with Crippen LogP contribution in [-0.2, 0) is 0 Å². The van der Waals surface area contributed by atoms with Gasteiger partial charge in [0.1, 0.15) is 0 Å².